The molecule has 3 heteroatoms. The van der Waals surface area contributed by atoms with E-state index in [2.05, 4.69) is 20.8 Å². The van der Waals surface area contributed by atoms with Crippen molar-refractivity contribution in [2.75, 3.05) is 18.1 Å². The lowest BCUT2D eigenvalue weighted by molar-refractivity contribution is -0.126. The molecule has 18 heavy (non-hydrogen) atoms. The van der Waals surface area contributed by atoms with Crippen LogP contribution in [0.5, 0.6) is 5.75 Å². The maximum absolute atomic E-state index is 12.6. The average molecular weight is 247 g/mol. The number of anilines is 1. The van der Waals surface area contributed by atoms with E-state index >= 15 is 0 Å². The standard InChI is InChI=1S/C15H21NO2/c1-5-16-12-8-6-7-9-13(12)18-10-11(14(16)17)15(2,3)4/h6-9,11H,5,10H2,1-4H3. The lowest BCUT2D eigenvalue weighted by Gasteiger charge is -2.30. The van der Waals surface area contributed by atoms with Gasteiger partial charge in [-0.25, -0.2) is 0 Å². The Morgan fingerprint density at radius 3 is 2.61 bits per heavy atom. The molecule has 0 aromatic heterocycles. The number of hydrogen-bond acceptors (Lipinski definition) is 2. The summed E-state index contributed by atoms with van der Waals surface area (Å²) in [5, 5.41) is 0. The van der Waals surface area contributed by atoms with Gasteiger partial charge < -0.3 is 9.64 Å². The number of rotatable bonds is 1. The number of nitrogens with zero attached hydrogens (tertiary/aromatic N) is 1. The summed E-state index contributed by atoms with van der Waals surface area (Å²) in [5.74, 6) is 0.860. The molecule has 1 aromatic carbocycles. The van der Waals surface area contributed by atoms with Crippen LogP contribution in [0.3, 0.4) is 0 Å². The van der Waals surface area contributed by atoms with Gasteiger partial charge in [0, 0.05) is 6.54 Å². The third kappa shape index (κ3) is 2.22. The highest BCUT2D eigenvalue weighted by molar-refractivity contribution is 5.97. The van der Waals surface area contributed by atoms with E-state index in [1.54, 1.807) is 0 Å². The zero-order valence-electron chi connectivity index (χ0n) is 11.6. The normalized spacial score (nSPS) is 20.1. The topological polar surface area (TPSA) is 29.5 Å². The first kappa shape index (κ1) is 12.9. The molecule has 0 aliphatic carbocycles. The largest absolute Gasteiger partial charge is 0.491 e. The molecular weight excluding hydrogens is 226 g/mol. The molecule has 2 rings (SSSR count). The van der Waals surface area contributed by atoms with Gasteiger partial charge in [0.2, 0.25) is 5.91 Å². The zero-order valence-corrected chi connectivity index (χ0v) is 11.6. The minimum Gasteiger partial charge on any atom is -0.491 e. The molecule has 0 N–H and O–H groups in total. The first-order valence-corrected chi connectivity index (χ1v) is 6.48. The average Bonchev–Trinajstić information content (AvgIpc) is 2.44. The summed E-state index contributed by atoms with van der Waals surface area (Å²) in [6.45, 7) is 9.38. The minimum absolute atomic E-state index is 0.0907. The first-order chi connectivity index (χ1) is 8.45. The van der Waals surface area contributed by atoms with Crippen LogP contribution in [0.2, 0.25) is 0 Å². The van der Waals surface area contributed by atoms with Gasteiger partial charge in [-0.05, 0) is 24.5 Å². The molecule has 1 atom stereocenters. The van der Waals surface area contributed by atoms with E-state index in [0.29, 0.717) is 13.2 Å². The molecule has 0 radical (unpaired) electrons. The van der Waals surface area contributed by atoms with Gasteiger partial charge >= 0.3 is 0 Å². The Morgan fingerprint density at radius 2 is 2.00 bits per heavy atom. The van der Waals surface area contributed by atoms with Crippen LogP contribution in [0.4, 0.5) is 5.69 Å². The molecule has 1 aromatic rings. The molecule has 1 aliphatic rings. The summed E-state index contributed by atoms with van der Waals surface area (Å²) in [4.78, 5) is 14.5. The third-order valence-electron chi connectivity index (χ3n) is 3.49. The van der Waals surface area contributed by atoms with Crippen molar-refractivity contribution in [1.82, 2.24) is 0 Å². The monoisotopic (exact) mass is 247 g/mol. The highest BCUT2D eigenvalue weighted by Gasteiger charge is 2.37. The fraction of sp³-hybridized carbons (Fsp3) is 0.533. The second kappa shape index (κ2) is 4.63. The predicted molar refractivity (Wildman–Crippen MR) is 72.9 cm³/mol. The molecule has 0 saturated carbocycles. The Labute approximate surface area is 109 Å². The summed E-state index contributed by atoms with van der Waals surface area (Å²) in [7, 11) is 0. The van der Waals surface area contributed by atoms with Gasteiger partial charge in [-0.1, -0.05) is 32.9 Å². The van der Waals surface area contributed by atoms with Gasteiger partial charge in [0.1, 0.15) is 12.4 Å². The van der Waals surface area contributed by atoms with Gasteiger partial charge in [0.15, 0.2) is 0 Å². The number of hydrogen-bond donors (Lipinski definition) is 0. The molecule has 0 bridgehead atoms. The van der Waals surface area contributed by atoms with Crippen LogP contribution < -0.4 is 9.64 Å². The lowest BCUT2D eigenvalue weighted by Crippen LogP contribution is -2.42. The molecule has 1 aliphatic heterocycles. The summed E-state index contributed by atoms with van der Waals surface area (Å²) in [6, 6.07) is 7.75. The van der Waals surface area contributed by atoms with Gasteiger partial charge in [0.25, 0.3) is 0 Å². The molecular formula is C15H21NO2. The zero-order chi connectivity index (χ0) is 13.3. The minimum atomic E-state index is -0.107. The van der Waals surface area contributed by atoms with Crippen LogP contribution >= 0.6 is 0 Å². The van der Waals surface area contributed by atoms with Crippen molar-refractivity contribution in [3.05, 3.63) is 24.3 Å². The first-order valence-electron chi connectivity index (χ1n) is 6.48. The van der Waals surface area contributed by atoms with Crippen LogP contribution in [0.15, 0.2) is 24.3 Å². The predicted octanol–water partition coefficient (Wildman–Crippen LogP) is 3.09. The second-order valence-corrected chi connectivity index (χ2v) is 5.78. The lowest BCUT2D eigenvalue weighted by atomic mass is 9.80. The van der Waals surface area contributed by atoms with Gasteiger partial charge in [-0.3, -0.25) is 4.79 Å². The van der Waals surface area contributed by atoms with Crippen LogP contribution in [0.1, 0.15) is 27.7 Å². The van der Waals surface area contributed by atoms with Crippen LogP contribution in [0, 0.1) is 11.3 Å². The summed E-state index contributed by atoms with van der Waals surface area (Å²) < 4.78 is 5.83. The van der Waals surface area contributed by atoms with E-state index in [9.17, 15) is 4.79 Å². The number of carbonyl (C=O) groups excluding carboxylic acids is 1. The van der Waals surface area contributed by atoms with E-state index in [4.69, 9.17) is 4.74 Å². The van der Waals surface area contributed by atoms with Crippen molar-refractivity contribution >= 4 is 11.6 Å². The molecule has 0 spiro atoms. The summed E-state index contributed by atoms with van der Waals surface area (Å²) >= 11 is 0. The molecule has 3 nitrogen and oxygen atoms in total. The summed E-state index contributed by atoms with van der Waals surface area (Å²) in [5.41, 5.74) is 0.795. The maximum Gasteiger partial charge on any atom is 0.234 e. The van der Waals surface area contributed by atoms with Crippen molar-refractivity contribution in [2.45, 2.75) is 27.7 Å². The Kier molecular flexibility index (Phi) is 3.33. The van der Waals surface area contributed by atoms with E-state index in [1.807, 2.05) is 36.1 Å². The highest BCUT2D eigenvalue weighted by Crippen LogP contribution is 2.37. The summed E-state index contributed by atoms with van der Waals surface area (Å²) in [6.07, 6.45) is 0. The molecule has 98 valence electrons. The fourth-order valence-electron chi connectivity index (χ4n) is 2.30. The Bertz CT molecular complexity index is 448. The smallest absolute Gasteiger partial charge is 0.234 e. The van der Waals surface area contributed by atoms with E-state index in [-0.39, 0.29) is 17.2 Å². The number of benzene rings is 1. The van der Waals surface area contributed by atoms with Gasteiger partial charge in [-0.2, -0.15) is 0 Å². The number of ether oxygens (including phenoxy) is 1. The van der Waals surface area contributed by atoms with Crippen molar-refractivity contribution in [3.8, 4) is 5.75 Å². The molecule has 1 amide bonds. The van der Waals surface area contributed by atoms with E-state index in [0.717, 1.165) is 11.4 Å². The van der Waals surface area contributed by atoms with Crippen LogP contribution in [-0.2, 0) is 4.79 Å². The quantitative estimate of drug-likeness (QED) is 0.763. The van der Waals surface area contributed by atoms with Crippen molar-refractivity contribution in [3.63, 3.8) is 0 Å². The van der Waals surface area contributed by atoms with E-state index in [1.165, 1.54) is 0 Å². The molecule has 0 fully saturated rings. The Balaban J connectivity index is 2.43. The second-order valence-electron chi connectivity index (χ2n) is 5.78. The third-order valence-corrected chi connectivity index (χ3v) is 3.49. The number of amides is 1. The van der Waals surface area contributed by atoms with Crippen LogP contribution in [0.25, 0.3) is 0 Å². The molecule has 1 unspecified atom stereocenters. The molecule has 0 saturated heterocycles. The fourth-order valence-corrected chi connectivity index (χ4v) is 2.30. The number of fused-ring (bicyclic) bond motifs is 1. The van der Waals surface area contributed by atoms with Gasteiger partial charge in [-0.15, -0.1) is 0 Å². The number of para-hydroxylation sites is 2. The maximum atomic E-state index is 12.6. The van der Waals surface area contributed by atoms with E-state index < -0.39 is 0 Å². The Morgan fingerprint density at radius 1 is 1.33 bits per heavy atom. The van der Waals surface area contributed by atoms with Crippen LogP contribution in [-0.4, -0.2) is 19.1 Å². The van der Waals surface area contributed by atoms with Crippen molar-refractivity contribution in [2.24, 2.45) is 11.3 Å². The Hall–Kier alpha value is -1.51. The number of carbonyl (C=O) groups is 1. The van der Waals surface area contributed by atoms with Gasteiger partial charge in [0.05, 0.1) is 11.6 Å². The van der Waals surface area contributed by atoms with Crippen molar-refractivity contribution < 1.29 is 9.53 Å². The van der Waals surface area contributed by atoms with Crippen molar-refractivity contribution in [1.29, 1.82) is 0 Å². The molecule has 1 heterocycles. The highest BCUT2D eigenvalue weighted by atomic mass is 16.5. The SMILES string of the molecule is CCN1C(=O)C(C(C)(C)C)COc2ccccc21.